The van der Waals surface area contributed by atoms with Gasteiger partial charge in [0.2, 0.25) is 0 Å². The summed E-state index contributed by atoms with van der Waals surface area (Å²) in [6.45, 7) is 7.50. The van der Waals surface area contributed by atoms with E-state index in [-0.39, 0.29) is 18.1 Å². The third-order valence-electron chi connectivity index (χ3n) is 6.45. The number of nitrogens with zero attached hydrogens (tertiary/aromatic N) is 5. The first-order valence-electron chi connectivity index (χ1n) is 10.2. The fraction of sp³-hybridized carbons (Fsp3) is 0.700. The van der Waals surface area contributed by atoms with E-state index in [1.54, 1.807) is 12.3 Å². The Bertz CT molecular complexity index is 627. The SMILES string of the molecule is CN1CCN([C@@H]2CN(C3CCN(C(=O)c4ccccn4)CC3)C[C@H]2O)CC1. The van der Waals surface area contributed by atoms with Crippen LogP contribution in [0.25, 0.3) is 0 Å². The fourth-order valence-electron chi connectivity index (χ4n) is 4.69. The van der Waals surface area contributed by atoms with Crippen LogP contribution in [0.15, 0.2) is 24.4 Å². The van der Waals surface area contributed by atoms with Crippen LogP contribution >= 0.6 is 0 Å². The predicted molar refractivity (Wildman–Crippen MR) is 104 cm³/mol. The van der Waals surface area contributed by atoms with Crippen LogP contribution in [0.2, 0.25) is 0 Å². The lowest BCUT2D eigenvalue weighted by molar-refractivity contribution is 0.0512. The summed E-state index contributed by atoms with van der Waals surface area (Å²) in [6, 6.07) is 6.19. The van der Waals surface area contributed by atoms with Gasteiger partial charge in [-0.15, -0.1) is 0 Å². The summed E-state index contributed by atoms with van der Waals surface area (Å²) in [4.78, 5) is 25.9. The van der Waals surface area contributed by atoms with Gasteiger partial charge >= 0.3 is 0 Å². The number of pyridine rings is 1. The highest BCUT2D eigenvalue weighted by atomic mass is 16.3. The largest absolute Gasteiger partial charge is 0.390 e. The molecule has 0 spiro atoms. The van der Waals surface area contributed by atoms with E-state index >= 15 is 0 Å². The number of carbonyl (C=O) groups is 1. The number of aromatic nitrogens is 1. The second-order valence-electron chi connectivity index (χ2n) is 8.17. The van der Waals surface area contributed by atoms with Gasteiger partial charge in [-0.25, -0.2) is 0 Å². The topological polar surface area (TPSA) is 63.2 Å². The van der Waals surface area contributed by atoms with Crippen molar-refractivity contribution in [2.24, 2.45) is 0 Å². The molecule has 4 rings (SSSR count). The number of β-amino-alcohol motifs (C(OH)–C–C–N with tert-alkyl or cyclic N) is 1. The molecule has 2 atom stereocenters. The third kappa shape index (κ3) is 4.16. The molecule has 27 heavy (non-hydrogen) atoms. The Balaban J connectivity index is 1.29. The Labute approximate surface area is 161 Å². The van der Waals surface area contributed by atoms with Crippen LogP contribution in [0.5, 0.6) is 0 Å². The molecule has 3 fully saturated rings. The Kier molecular flexibility index (Phi) is 5.73. The van der Waals surface area contributed by atoms with E-state index in [1.807, 2.05) is 17.0 Å². The van der Waals surface area contributed by atoms with Crippen LogP contribution in [-0.2, 0) is 0 Å². The summed E-state index contributed by atoms with van der Waals surface area (Å²) in [6.07, 6.45) is 3.35. The van der Waals surface area contributed by atoms with Gasteiger partial charge in [0.25, 0.3) is 5.91 Å². The molecule has 1 N–H and O–H groups in total. The van der Waals surface area contributed by atoms with Gasteiger partial charge in [0, 0.05) is 70.6 Å². The number of hydrogen-bond donors (Lipinski definition) is 1. The maximum atomic E-state index is 12.6. The molecular weight excluding hydrogens is 342 g/mol. The van der Waals surface area contributed by atoms with Crippen molar-refractivity contribution in [3.63, 3.8) is 0 Å². The lowest BCUT2D eigenvalue weighted by Crippen LogP contribution is -2.53. The van der Waals surface area contributed by atoms with Crippen molar-refractivity contribution in [2.75, 3.05) is 59.4 Å². The molecule has 3 aliphatic rings. The van der Waals surface area contributed by atoms with Crippen molar-refractivity contribution in [3.8, 4) is 0 Å². The quantitative estimate of drug-likeness (QED) is 0.804. The Morgan fingerprint density at radius 1 is 1.04 bits per heavy atom. The van der Waals surface area contributed by atoms with Crippen molar-refractivity contribution in [1.29, 1.82) is 0 Å². The van der Waals surface area contributed by atoms with Gasteiger partial charge in [0.15, 0.2) is 0 Å². The number of piperidine rings is 1. The molecule has 7 nitrogen and oxygen atoms in total. The molecule has 0 unspecified atom stereocenters. The number of likely N-dealkylation sites (tertiary alicyclic amines) is 2. The van der Waals surface area contributed by atoms with Crippen molar-refractivity contribution < 1.29 is 9.90 Å². The number of aliphatic hydroxyl groups is 1. The highest BCUT2D eigenvalue weighted by Gasteiger charge is 2.40. The van der Waals surface area contributed by atoms with Crippen LogP contribution in [-0.4, -0.2) is 113 Å². The Hall–Kier alpha value is -1.54. The zero-order valence-electron chi connectivity index (χ0n) is 16.2. The van der Waals surface area contributed by atoms with E-state index in [1.165, 1.54) is 0 Å². The predicted octanol–water partition coefficient (Wildman–Crippen LogP) is -0.0213. The lowest BCUT2D eigenvalue weighted by Gasteiger charge is -2.38. The molecule has 0 aliphatic carbocycles. The van der Waals surface area contributed by atoms with E-state index in [2.05, 4.69) is 26.7 Å². The number of carbonyl (C=O) groups excluding carboxylic acids is 1. The summed E-state index contributed by atoms with van der Waals surface area (Å²) in [5.74, 6) is 0.0332. The van der Waals surface area contributed by atoms with Crippen molar-refractivity contribution in [1.82, 2.24) is 24.6 Å². The summed E-state index contributed by atoms with van der Waals surface area (Å²) in [5.41, 5.74) is 0.530. The average molecular weight is 374 g/mol. The molecule has 0 saturated carbocycles. The minimum atomic E-state index is -0.262. The molecular formula is C20H31N5O2. The maximum Gasteiger partial charge on any atom is 0.272 e. The van der Waals surface area contributed by atoms with Crippen molar-refractivity contribution >= 4 is 5.91 Å². The van der Waals surface area contributed by atoms with Gasteiger partial charge in [-0.05, 0) is 32.0 Å². The van der Waals surface area contributed by atoms with Gasteiger partial charge < -0.3 is 14.9 Å². The molecule has 0 radical (unpaired) electrons. The Morgan fingerprint density at radius 3 is 2.44 bits per heavy atom. The van der Waals surface area contributed by atoms with Gasteiger partial charge in [-0.2, -0.15) is 0 Å². The number of aliphatic hydroxyl groups excluding tert-OH is 1. The second kappa shape index (κ2) is 8.22. The first-order valence-corrected chi connectivity index (χ1v) is 10.2. The molecule has 3 saturated heterocycles. The van der Waals surface area contributed by atoms with Crippen LogP contribution in [0.3, 0.4) is 0 Å². The van der Waals surface area contributed by atoms with E-state index in [9.17, 15) is 9.90 Å². The molecule has 1 amide bonds. The summed E-state index contributed by atoms with van der Waals surface area (Å²) < 4.78 is 0. The molecule has 0 bridgehead atoms. The molecule has 3 aliphatic heterocycles. The van der Waals surface area contributed by atoms with Crippen LogP contribution in [0.4, 0.5) is 0 Å². The minimum Gasteiger partial charge on any atom is -0.390 e. The smallest absolute Gasteiger partial charge is 0.272 e. The van der Waals surface area contributed by atoms with Crippen molar-refractivity contribution in [3.05, 3.63) is 30.1 Å². The zero-order valence-corrected chi connectivity index (χ0v) is 16.2. The highest BCUT2D eigenvalue weighted by molar-refractivity contribution is 5.92. The van der Waals surface area contributed by atoms with E-state index in [4.69, 9.17) is 0 Å². The number of rotatable bonds is 3. The number of amides is 1. The lowest BCUT2D eigenvalue weighted by atomic mass is 10.0. The third-order valence-corrected chi connectivity index (χ3v) is 6.45. The molecule has 4 heterocycles. The van der Waals surface area contributed by atoms with E-state index in [0.29, 0.717) is 11.7 Å². The van der Waals surface area contributed by atoms with Gasteiger partial charge in [-0.3, -0.25) is 19.6 Å². The average Bonchev–Trinajstić information content (AvgIpc) is 3.10. The van der Waals surface area contributed by atoms with Crippen LogP contribution in [0, 0.1) is 0 Å². The van der Waals surface area contributed by atoms with Gasteiger partial charge in [0.05, 0.1) is 6.10 Å². The molecule has 7 heteroatoms. The molecule has 1 aromatic rings. The van der Waals surface area contributed by atoms with Crippen LogP contribution in [0.1, 0.15) is 23.3 Å². The van der Waals surface area contributed by atoms with E-state index < -0.39 is 0 Å². The van der Waals surface area contributed by atoms with Gasteiger partial charge in [-0.1, -0.05) is 6.07 Å². The number of hydrogen-bond acceptors (Lipinski definition) is 6. The molecule has 0 aromatic carbocycles. The van der Waals surface area contributed by atoms with Gasteiger partial charge in [0.1, 0.15) is 5.69 Å². The van der Waals surface area contributed by atoms with E-state index in [0.717, 1.165) is 65.2 Å². The number of likely N-dealkylation sites (N-methyl/N-ethyl adjacent to an activating group) is 1. The number of piperazine rings is 1. The monoisotopic (exact) mass is 373 g/mol. The second-order valence-corrected chi connectivity index (χ2v) is 8.17. The van der Waals surface area contributed by atoms with Crippen LogP contribution < -0.4 is 0 Å². The zero-order chi connectivity index (χ0) is 18.8. The molecule has 148 valence electrons. The Morgan fingerprint density at radius 2 is 1.78 bits per heavy atom. The first kappa shape index (κ1) is 18.8. The van der Waals surface area contributed by atoms with Crippen molar-refractivity contribution in [2.45, 2.75) is 31.0 Å². The molecule has 1 aromatic heterocycles. The first-order chi connectivity index (χ1) is 13.1. The fourth-order valence-corrected chi connectivity index (χ4v) is 4.69. The summed E-state index contributed by atoms with van der Waals surface area (Å²) >= 11 is 0. The normalized spacial score (nSPS) is 29.3. The highest BCUT2D eigenvalue weighted by Crippen LogP contribution is 2.25. The maximum absolute atomic E-state index is 12.6. The minimum absolute atomic E-state index is 0.0332. The standard InChI is InChI=1S/C20H31N5O2/c1-22-10-12-23(13-11-22)18-14-25(15-19(18)26)16-5-8-24(9-6-16)20(27)17-4-2-3-7-21-17/h2-4,7,16,18-19,26H,5-6,8-15H2,1H3/t18-,19-/m1/s1. The summed E-state index contributed by atoms with van der Waals surface area (Å²) in [7, 11) is 2.16. The summed E-state index contributed by atoms with van der Waals surface area (Å²) in [5, 5.41) is 10.6.